The minimum absolute atomic E-state index is 0.106. The lowest BCUT2D eigenvalue weighted by Gasteiger charge is -2.11. The van der Waals surface area contributed by atoms with E-state index in [1.807, 2.05) is 44.2 Å². The number of ether oxygens (including phenoxy) is 1. The van der Waals surface area contributed by atoms with Crippen molar-refractivity contribution in [2.24, 2.45) is 4.99 Å². The van der Waals surface area contributed by atoms with Crippen LogP contribution in [0, 0.1) is 6.92 Å². The predicted octanol–water partition coefficient (Wildman–Crippen LogP) is 4.72. The molecule has 28 heavy (non-hydrogen) atoms. The number of allylic oxidation sites excluding steroid dienone is 1. The number of phenols is 1. The molecule has 1 fully saturated rings. The first-order valence-electron chi connectivity index (χ1n) is 8.96. The second-order valence-corrected chi connectivity index (χ2v) is 7.25. The maximum absolute atomic E-state index is 12.4. The predicted molar refractivity (Wildman–Crippen MR) is 115 cm³/mol. The molecule has 0 bridgehead atoms. The standard InChI is InChI=1S/C22H22N2O3S/c1-4-8-16-11-15(12-18(20(16)25)27-5-2)13-19-21(26)24-22(28-19)23-17-10-7-6-9-14(17)3/h4,6-7,9-13,25H,1,5,8H2,2-3H3,(H,23,24,26)/b19-13+. The van der Waals surface area contributed by atoms with Gasteiger partial charge in [-0.2, -0.15) is 0 Å². The summed E-state index contributed by atoms with van der Waals surface area (Å²) in [6.45, 7) is 7.99. The van der Waals surface area contributed by atoms with E-state index in [-0.39, 0.29) is 11.7 Å². The smallest absolute Gasteiger partial charge is 0.264 e. The van der Waals surface area contributed by atoms with E-state index in [1.54, 1.807) is 18.2 Å². The summed E-state index contributed by atoms with van der Waals surface area (Å²) in [5.41, 5.74) is 3.33. The lowest BCUT2D eigenvalue weighted by Crippen LogP contribution is -2.19. The third-order valence-electron chi connectivity index (χ3n) is 4.13. The number of amidine groups is 1. The molecule has 1 heterocycles. The first kappa shape index (κ1) is 19.8. The minimum Gasteiger partial charge on any atom is -0.504 e. The van der Waals surface area contributed by atoms with Crippen molar-refractivity contribution in [3.63, 3.8) is 0 Å². The second-order valence-electron chi connectivity index (χ2n) is 6.22. The molecule has 2 aromatic rings. The molecule has 5 nitrogen and oxygen atoms in total. The van der Waals surface area contributed by atoms with Crippen LogP contribution >= 0.6 is 11.8 Å². The molecule has 0 spiro atoms. The summed E-state index contributed by atoms with van der Waals surface area (Å²) in [7, 11) is 0. The van der Waals surface area contributed by atoms with Gasteiger partial charge in [0.15, 0.2) is 16.7 Å². The fraction of sp³-hybridized carbons (Fsp3) is 0.182. The van der Waals surface area contributed by atoms with Gasteiger partial charge in [0.25, 0.3) is 5.91 Å². The normalized spacial score (nSPS) is 16.4. The largest absolute Gasteiger partial charge is 0.504 e. The lowest BCUT2D eigenvalue weighted by molar-refractivity contribution is -0.115. The van der Waals surface area contributed by atoms with Gasteiger partial charge in [-0.1, -0.05) is 24.3 Å². The van der Waals surface area contributed by atoms with Crippen LogP contribution < -0.4 is 10.1 Å². The van der Waals surface area contributed by atoms with E-state index in [4.69, 9.17) is 4.74 Å². The van der Waals surface area contributed by atoms with Gasteiger partial charge in [0.2, 0.25) is 0 Å². The Morgan fingerprint density at radius 1 is 1.32 bits per heavy atom. The summed E-state index contributed by atoms with van der Waals surface area (Å²) in [6.07, 6.45) is 3.99. The molecule has 2 aromatic carbocycles. The van der Waals surface area contributed by atoms with Gasteiger partial charge < -0.3 is 15.2 Å². The zero-order chi connectivity index (χ0) is 20.1. The Labute approximate surface area is 168 Å². The second kappa shape index (κ2) is 8.80. The molecule has 0 atom stereocenters. The molecular formula is C22H22N2O3S. The Bertz CT molecular complexity index is 980. The van der Waals surface area contributed by atoms with Gasteiger partial charge in [-0.05, 0) is 67.4 Å². The van der Waals surface area contributed by atoms with Gasteiger partial charge in [-0.3, -0.25) is 4.79 Å². The highest BCUT2D eigenvalue weighted by Crippen LogP contribution is 2.35. The molecule has 1 aliphatic heterocycles. The molecule has 3 rings (SSSR count). The van der Waals surface area contributed by atoms with Crippen LogP contribution in [0.4, 0.5) is 5.69 Å². The lowest BCUT2D eigenvalue weighted by atomic mass is 10.1. The Morgan fingerprint density at radius 3 is 2.82 bits per heavy atom. The number of carbonyl (C=O) groups is 1. The van der Waals surface area contributed by atoms with Crippen molar-refractivity contribution in [3.05, 3.63) is 70.6 Å². The number of thioether (sulfide) groups is 1. The number of nitrogens with one attached hydrogen (secondary N) is 1. The van der Waals surface area contributed by atoms with E-state index < -0.39 is 0 Å². The molecule has 0 radical (unpaired) electrons. The Morgan fingerprint density at radius 2 is 2.11 bits per heavy atom. The molecule has 1 aliphatic rings. The van der Waals surface area contributed by atoms with Gasteiger partial charge in [0, 0.05) is 5.56 Å². The van der Waals surface area contributed by atoms with Crippen LogP contribution in [0.15, 0.2) is 59.0 Å². The van der Waals surface area contributed by atoms with Crippen LogP contribution in [-0.2, 0) is 11.2 Å². The monoisotopic (exact) mass is 394 g/mol. The number of benzene rings is 2. The number of hydrogen-bond donors (Lipinski definition) is 2. The molecule has 1 amide bonds. The van der Waals surface area contributed by atoms with E-state index in [9.17, 15) is 9.90 Å². The number of aliphatic imine (C=N–C) groups is 1. The molecule has 2 N–H and O–H groups in total. The molecule has 1 saturated heterocycles. The fourth-order valence-corrected chi connectivity index (χ4v) is 3.61. The minimum atomic E-state index is -0.200. The summed E-state index contributed by atoms with van der Waals surface area (Å²) in [6, 6.07) is 11.3. The van der Waals surface area contributed by atoms with Crippen molar-refractivity contribution in [1.82, 2.24) is 5.32 Å². The Hall–Kier alpha value is -2.99. The van der Waals surface area contributed by atoms with E-state index in [0.29, 0.717) is 34.4 Å². The molecular weight excluding hydrogens is 372 g/mol. The summed E-state index contributed by atoms with van der Waals surface area (Å²) < 4.78 is 5.52. The van der Waals surface area contributed by atoms with Crippen molar-refractivity contribution < 1.29 is 14.6 Å². The van der Waals surface area contributed by atoms with Crippen LogP contribution in [0.1, 0.15) is 23.6 Å². The third-order valence-corrected chi connectivity index (χ3v) is 5.04. The molecule has 0 saturated carbocycles. The number of phenolic OH excluding ortho intramolecular Hbond substituents is 1. The average molecular weight is 394 g/mol. The van der Waals surface area contributed by atoms with Crippen LogP contribution in [0.2, 0.25) is 0 Å². The Kier molecular flexibility index (Phi) is 6.21. The van der Waals surface area contributed by atoms with Gasteiger partial charge in [0.1, 0.15) is 0 Å². The van der Waals surface area contributed by atoms with Gasteiger partial charge in [-0.15, -0.1) is 6.58 Å². The molecule has 144 valence electrons. The van der Waals surface area contributed by atoms with Crippen LogP contribution in [-0.4, -0.2) is 22.8 Å². The zero-order valence-corrected chi connectivity index (χ0v) is 16.7. The van der Waals surface area contributed by atoms with Crippen molar-refractivity contribution in [1.29, 1.82) is 0 Å². The average Bonchev–Trinajstić information content (AvgIpc) is 3.00. The summed E-state index contributed by atoms with van der Waals surface area (Å²) >= 11 is 1.29. The van der Waals surface area contributed by atoms with E-state index >= 15 is 0 Å². The topological polar surface area (TPSA) is 70.9 Å². The van der Waals surface area contributed by atoms with Gasteiger partial charge >= 0.3 is 0 Å². The molecule has 0 aliphatic carbocycles. The zero-order valence-electron chi connectivity index (χ0n) is 15.9. The molecule has 0 unspecified atom stereocenters. The first-order chi connectivity index (χ1) is 13.5. The van der Waals surface area contributed by atoms with Crippen molar-refractivity contribution in [2.75, 3.05) is 6.61 Å². The number of hydrogen-bond acceptors (Lipinski definition) is 5. The molecule has 6 heteroatoms. The summed E-state index contributed by atoms with van der Waals surface area (Å²) in [5.74, 6) is 0.300. The quantitative estimate of drug-likeness (QED) is 0.549. The maximum atomic E-state index is 12.4. The van der Waals surface area contributed by atoms with E-state index in [0.717, 1.165) is 16.8 Å². The number of rotatable bonds is 6. The SMILES string of the molecule is C=CCc1cc(/C=C2/SC(=Nc3ccccc3C)NC2=O)cc(OCC)c1O. The van der Waals surface area contributed by atoms with Crippen molar-refractivity contribution >= 4 is 34.6 Å². The number of aryl methyl sites for hydroxylation is 1. The number of aromatic hydroxyl groups is 1. The van der Waals surface area contributed by atoms with Crippen LogP contribution in [0.3, 0.4) is 0 Å². The first-order valence-corrected chi connectivity index (χ1v) is 9.78. The van der Waals surface area contributed by atoms with Gasteiger partial charge in [-0.25, -0.2) is 4.99 Å². The highest BCUT2D eigenvalue weighted by Gasteiger charge is 2.24. The highest BCUT2D eigenvalue weighted by molar-refractivity contribution is 8.18. The fourth-order valence-electron chi connectivity index (χ4n) is 2.78. The Balaban J connectivity index is 1.92. The van der Waals surface area contributed by atoms with Gasteiger partial charge in [0.05, 0.1) is 17.2 Å². The van der Waals surface area contributed by atoms with E-state index in [2.05, 4.69) is 16.9 Å². The molecule has 0 aromatic heterocycles. The highest BCUT2D eigenvalue weighted by atomic mass is 32.2. The van der Waals surface area contributed by atoms with E-state index in [1.165, 1.54) is 11.8 Å². The van der Waals surface area contributed by atoms with Crippen LogP contribution in [0.25, 0.3) is 6.08 Å². The number of para-hydroxylation sites is 1. The summed E-state index contributed by atoms with van der Waals surface area (Å²) in [4.78, 5) is 17.4. The number of amides is 1. The third kappa shape index (κ3) is 4.46. The van der Waals surface area contributed by atoms with Crippen molar-refractivity contribution in [3.8, 4) is 11.5 Å². The number of carbonyl (C=O) groups excluding carboxylic acids is 1. The summed E-state index contributed by atoms with van der Waals surface area (Å²) in [5, 5.41) is 13.7. The number of nitrogens with zero attached hydrogens (tertiary/aromatic N) is 1. The van der Waals surface area contributed by atoms with Crippen LogP contribution in [0.5, 0.6) is 11.5 Å². The maximum Gasteiger partial charge on any atom is 0.264 e. The van der Waals surface area contributed by atoms with Crippen molar-refractivity contribution in [2.45, 2.75) is 20.3 Å².